The molecule has 2 amide bonds. The minimum absolute atomic E-state index is 0. The van der Waals surface area contributed by atoms with Gasteiger partial charge in [-0.15, -0.1) is 0 Å². The summed E-state index contributed by atoms with van der Waals surface area (Å²) in [7, 11) is 4.51. The molecule has 9 heteroatoms. The summed E-state index contributed by atoms with van der Waals surface area (Å²) in [6, 6.07) is 16.1. The highest BCUT2D eigenvalue weighted by molar-refractivity contribution is 5.72. The van der Waals surface area contributed by atoms with Gasteiger partial charge in [0.2, 0.25) is 11.8 Å². The summed E-state index contributed by atoms with van der Waals surface area (Å²) in [4.78, 5) is 37.4. The van der Waals surface area contributed by atoms with E-state index in [0.717, 1.165) is 42.1 Å². The van der Waals surface area contributed by atoms with Gasteiger partial charge in [-0.1, -0.05) is 91.8 Å². The van der Waals surface area contributed by atoms with Crippen LogP contribution in [0.5, 0.6) is 11.5 Å². The highest BCUT2D eigenvalue weighted by atomic mass is 16.5. The van der Waals surface area contributed by atoms with E-state index in [0.29, 0.717) is 6.47 Å². The molecule has 0 spiro atoms. The molecule has 262 valence electrons. The van der Waals surface area contributed by atoms with Crippen molar-refractivity contribution in [1.82, 2.24) is 10.6 Å². The van der Waals surface area contributed by atoms with Crippen LogP contribution in [0.15, 0.2) is 48.5 Å². The fourth-order valence-corrected chi connectivity index (χ4v) is 3.12. The summed E-state index contributed by atoms with van der Waals surface area (Å²) in [6.45, 7) is 22.0. The summed E-state index contributed by atoms with van der Waals surface area (Å²) in [5.74, 6) is 4.84. The van der Waals surface area contributed by atoms with E-state index in [4.69, 9.17) is 19.4 Å². The summed E-state index contributed by atoms with van der Waals surface area (Å²) in [5.41, 5.74) is 2.48. The van der Waals surface area contributed by atoms with Crippen LogP contribution in [0.25, 0.3) is 0 Å². The summed E-state index contributed by atoms with van der Waals surface area (Å²) in [5, 5.41) is 12.2. The first-order chi connectivity index (χ1) is 20.1. The molecule has 45 heavy (non-hydrogen) atoms. The van der Waals surface area contributed by atoms with Gasteiger partial charge in [-0.3, -0.25) is 19.2 Å². The second-order valence-electron chi connectivity index (χ2n) is 9.63. The Labute approximate surface area is 275 Å². The van der Waals surface area contributed by atoms with Gasteiger partial charge in [0.15, 0.2) is 0 Å². The Morgan fingerprint density at radius 2 is 0.844 bits per heavy atom. The average molecular weight is 639 g/mol. The Morgan fingerprint density at radius 1 is 0.667 bits per heavy atom. The quantitative estimate of drug-likeness (QED) is 0.288. The predicted molar refractivity (Wildman–Crippen MR) is 190 cm³/mol. The van der Waals surface area contributed by atoms with Crippen molar-refractivity contribution in [3.8, 4) is 11.5 Å². The fraction of sp³-hybridized carbons (Fsp3) is 0.556. The monoisotopic (exact) mass is 638 g/mol. The van der Waals surface area contributed by atoms with E-state index < -0.39 is 5.97 Å². The first-order valence-electron chi connectivity index (χ1n) is 14.4. The number of amides is 2. The van der Waals surface area contributed by atoms with Crippen LogP contribution in [0.1, 0.15) is 88.3 Å². The van der Waals surface area contributed by atoms with Gasteiger partial charge < -0.3 is 25.2 Å². The lowest BCUT2D eigenvalue weighted by molar-refractivity contribution is -0.134. The smallest absolute Gasteiger partial charge is 0.300 e. The van der Waals surface area contributed by atoms with Gasteiger partial charge in [-0.2, -0.15) is 0 Å². The Hall–Kier alpha value is -3.88. The van der Waals surface area contributed by atoms with Gasteiger partial charge in [0.25, 0.3) is 12.4 Å². The number of carboxylic acid groups (broad SMARTS) is 1. The van der Waals surface area contributed by atoms with Crippen molar-refractivity contribution < 1.29 is 33.8 Å². The number of methoxy groups -OCH3 is 1. The van der Waals surface area contributed by atoms with Crippen molar-refractivity contribution >= 4 is 24.3 Å². The van der Waals surface area contributed by atoms with Crippen molar-refractivity contribution in [3.05, 3.63) is 59.7 Å². The number of aryl methyl sites for hydroxylation is 2. The molecule has 0 saturated heterocycles. The van der Waals surface area contributed by atoms with E-state index in [2.05, 4.69) is 56.9 Å². The van der Waals surface area contributed by atoms with Crippen LogP contribution < -0.4 is 15.4 Å². The first-order valence-corrected chi connectivity index (χ1v) is 14.4. The molecule has 0 radical (unpaired) electrons. The second kappa shape index (κ2) is 34.6. The molecule has 0 heterocycles. The van der Waals surface area contributed by atoms with Crippen LogP contribution in [0, 0.1) is 37.5 Å². The van der Waals surface area contributed by atoms with E-state index in [-0.39, 0.29) is 26.7 Å². The molecule has 9 nitrogen and oxygen atoms in total. The number of nitrogens with one attached hydrogen (secondary N) is 2. The maximum Gasteiger partial charge on any atom is 0.300 e. The lowest BCUT2D eigenvalue weighted by Crippen LogP contribution is -2.39. The van der Waals surface area contributed by atoms with Crippen LogP contribution in [-0.2, 0) is 23.9 Å². The molecule has 0 aliphatic heterocycles. The lowest BCUT2D eigenvalue weighted by Gasteiger charge is -2.45. The van der Waals surface area contributed by atoms with Crippen molar-refractivity contribution in [2.45, 2.75) is 91.0 Å². The van der Waals surface area contributed by atoms with Crippen LogP contribution in [0.2, 0.25) is 0 Å². The topological polar surface area (TPSA) is 131 Å². The number of benzene rings is 2. The largest absolute Gasteiger partial charge is 0.481 e. The van der Waals surface area contributed by atoms with E-state index in [1.165, 1.54) is 32.1 Å². The normalized spacial score (nSPS) is 15.9. The predicted octanol–water partition coefficient (Wildman–Crippen LogP) is 8.32. The molecule has 1 fully saturated rings. The van der Waals surface area contributed by atoms with Gasteiger partial charge in [-0.25, -0.2) is 0 Å². The van der Waals surface area contributed by atoms with Crippen molar-refractivity contribution in [2.24, 2.45) is 23.7 Å². The van der Waals surface area contributed by atoms with E-state index in [9.17, 15) is 9.59 Å². The summed E-state index contributed by atoms with van der Waals surface area (Å²) in [6.07, 6.45) is 0. The fourth-order valence-electron chi connectivity index (χ4n) is 3.12. The van der Waals surface area contributed by atoms with E-state index >= 15 is 0 Å². The molecule has 3 N–H and O–H groups in total. The summed E-state index contributed by atoms with van der Waals surface area (Å²) >= 11 is 0. The van der Waals surface area contributed by atoms with Gasteiger partial charge in [0.1, 0.15) is 11.5 Å². The van der Waals surface area contributed by atoms with Gasteiger partial charge in [0, 0.05) is 34.9 Å². The lowest BCUT2D eigenvalue weighted by atomic mass is 9.60. The van der Waals surface area contributed by atoms with Gasteiger partial charge in [0.05, 0.1) is 7.11 Å². The van der Waals surface area contributed by atoms with Crippen molar-refractivity contribution in [2.75, 3.05) is 21.2 Å². The third-order valence-electron chi connectivity index (χ3n) is 6.40. The number of carbonyl (C=O) groups excluding carboxylic acids is 3. The molecule has 1 saturated carbocycles. The molecular formula is C36H66N2O7. The minimum atomic E-state index is -0.833. The third-order valence-corrected chi connectivity index (χ3v) is 6.40. The van der Waals surface area contributed by atoms with E-state index in [1.54, 1.807) is 14.1 Å². The molecule has 0 aromatic heterocycles. The standard InChI is InChI=1S/C14H14O.C8H16.2C3H7NO.2C2H4O2.C2H6.2CH4/c1-11-3-7-13(8-4-11)15-14-9-5-12(2)6-10-14;1-5-6(2)8(4)7(5)3;2*1-3(5)4-2;1-4-2-3;1-2(3)4;1-2;;/h3-10H,1-2H3;5-8H,1-4H3;2*1-2H3,(H,4,5);2H,1H3;1H3,(H,3,4);1-2H3;2*1H4. The third kappa shape index (κ3) is 34.5. The van der Waals surface area contributed by atoms with Crippen LogP contribution >= 0.6 is 0 Å². The molecule has 1 aliphatic carbocycles. The SMILES string of the molecule is C.C.CC.CC(=O)O.CC1C(C)C(C)C1C.CNC(C)=O.CNC(C)=O.COC=O.Cc1ccc(Oc2ccc(C)cc2)cc1. The molecule has 2 aromatic rings. The molecule has 1 aliphatic rings. The zero-order valence-corrected chi connectivity index (χ0v) is 28.9. The minimum Gasteiger partial charge on any atom is -0.481 e. The number of rotatable bonds is 3. The van der Waals surface area contributed by atoms with Crippen molar-refractivity contribution in [3.63, 3.8) is 0 Å². The summed E-state index contributed by atoms with van der Waals surface area (Å²) < 4.78 is 9.55. The highest BCUT2D eigenvalue weighted by Gasteiger charge is 2.38. The maximum absolute atomic E-state index is 9.70. The Morgan fingerprint density at radius 3 is 0.978 bits per heavy atom. The molecule has 3 rings (SSSR count). The number of carboxylic acids is 1. The highest BCUT2D eigenvalue weighted by Crippen LogP contribution is 2.44. The number of hydrogen-bond acceptors (Lipinski definition) is 6. The van der Waals surface area contributed by atoms with Crippen molar-refractivity contribution in [1.29, 1.82) is 0 Å². The van der Waals surface area contributed by atoms with Crippen LogP contribution in [0.3, 0.4) is 0 Å². The van der Waals surface area contributed by atoms with Gasteiger partial charge in [-0.05, 0) is 61.8 Å². The Balaban J connectivity index is -0.000000109. The maximum atomic E-state index is 9.70. The molecule has 0 unspecified atom stereocenters. The Bertz CT molecular complexity index is 884. The molecule has 0 bridgehead atoms. The zero-order valence-electron chi connectivity index (χ0n) is 28.9. The second-order valence-corrected chi connectivity index (χ2v) is 9.63. The van der Waals surface area contributed by atoms with Crippen LogP contribution in [-0.4, -0.2) is 50.6 Å². The van der Waals surface area contributed by atoms with Crippen LogP contribution in [0.4, 0.5) is 0 Å². The number of carbonyl (C=O) groups is 4. The number of hydrogen-bond donors (Lipinski definition) is 3. The number of aliphatic carboxylic acids is 1. The molecule has 0 atom stereocenters. The van der Waals surface area contributed by atoms with E-state index in [1.807, 2.05) is 62.4 Å². The number of ether oxygens (including phenoxy) is 2. The van der Waals surface area contributed by atoms with Gasteiger partial charge >= 0.3 is 0 Å². The molecule has 2 aromatic carbocycles. The first kappa shape index (κ1) is 53.7. The zero-order chi connectivity index (χ0) is 34.5. The molecular weight excluding hydrogens is 572 g/mol. The average Bonchev–Trinajstić information content (AvgIpc) is 3.00. The Kier molecular flexibility index (Phi) is 41.3.